The summed E-state index contributed by atoms with van der Waals surface area (Å²) in [6, 6.07) is 19.1. The second kappa shape index (κ2) is 8.80. The maximum atomic E-state index is 11.9. The van der Waals surface area contributed by atoms with Gasteiger partial charge < -0.3 is 15.0 Å². The van der Waals surface area contributed by atoms with Crippen LogP contribution in [-0.4, -0.2) is 29.6 Å². The minimum atomic E-state index is -0.397. The molecule has 0 atom stereocenters. The molecule has 0 aliphatic rings. The Kier molecular flexibility index (Phi) is 5.99. The number of rotatable bonds is 7. The SMILES string of the molecule is CCN(Cc1ccccc1)c1nccc(Nc2ccccc2C(=O)OC)n1. The van der Waals surface area contributed by atoms with Crippen molar-refractivity contribution in [1.29, 1.82) is 0 Å². The second-order valence-electron chi connectivity index (χ2n) is 5.90. The van der Waals surface area contributed by atoms with E-state index in [9.17, 15) is 4.79 Å². The lowest BCUT2D eigenvalue weighted by Crippen LogP contribution is -2.24. The molecule has 6 nitrogen and oxygen atoms in total. The standard InChI is InChI=1S/C21H22N4O2/c1-3-25(15-16-9-5-4-6-10-16)21-22-14-13-19(24-21)23-18-12-8-7-11-17(18)20(26)27-2/h4-14H,3,15H2,1-2H3,(H,22,23,24). The van der Waals surface area contributed by atoms with Crippen LogP contribution in [0.1, 0.15) is 22.8 Å². The highest BCUT2D eigenvalue weighted by Crippen LogP contribution is 2.22. The van der Waals surface area contributed by atoms with Crippen LogP contribution in [0.2, 0.25) is 0 Å². The molecular formula is C21H22N4O2. The van der Waals surface area contributed by atoms with Crippen LogP contribution < -0.4 is 10.2 Å². The largest absolute Gasteiger partial charge is 0.465 e. The van der Waals surface area contributed by atoms with Crippen LogP contribution in [0, 0.1) is 0 Å². The fourth-order valence-electron chi connectivity index (χ4n) is 2.72. The maximum Gasteiger partial charge on any atom is 0.339 e. The van der Waals surface area contributed by atoms with Gasteiger partial charge in [0.1, 0.15) is 5.82 Å². The number of benzene rings is 2. The zero-order valence-corrected chi connectivity index (χ0v) is 15.4. The van der Waals surface area contributed by atoms with Gasteiger partial charge in [-0.05, 0) is 30.7 Å². The molecule has 3 rings (SSSR count). The Morgan fingerprint density at radius 1 is 1.07 bits per heavy atom. The molecule has 6 heteroatoms. The van der Waals surface area contributed by atoms with Crippen molar-refractivity contribution >= 4 is 23.4 Å². The summed E-state index contributed by atoms with van der Waals surface area (Å²) in [6.45, 7) is 3.57. The molecule has 1 heterocycles. The Morgan fingerprint density at radius 3 is 2.56 bits per heavy atom. The van der Waals surface area contributed by atoms with E-state index in [0.717, 1.165) is 13.1 Å². The van der Waals surface area contributed by atoms with Crippen LogP contribution in [0.4, 0.5) is 17.5 Å². The van der Waals surface area contributed by atoms with E-state index in [4.69, 9.17) is 4.74 Å². The lowest BCUT2D eigenvalue weighted by molar-refractivity contribution is 0.0602. The van der Waals surface area contributed by atoms with Crippen molar-refractivity contribution in [1.82, 2.24) is 9.97 Å². The number of carbonyl (C=O) groups is 1. The minimum absolute atomic E-state index is 0.397. The maximum absolute atomic E-state index is 11.9. The third-order valence-corrected chi connectivity index (χ3v) is 4.12. The van der Waals surface area contributed by atoms with E-state index in [-0.39, 0.29) is 0 Å². The number of nitrogens with one attached hydrogen (secondary N) is 1. The molecule has 0 saturated carbocycles. The van der Waals surface area contributed by atoms with Gasteiger partial charge >= 0.3 is 5.97 Å². The Bertz CT molecular complexity index is 899. The van der Waals surface area contributed by atoms with E-state index < -0.39 is 5.97 Å². The van der Waals surface area contributed by atoms with Crippen LogP contribution in [0.15, 0.2) is 66.9 Å². The van der Waals surface area contributed by atoms with Gasteiger partial charge in [-0.3, -0.25) is 0 Å². The van der Waals surface area contributed by atoms with Crippen molar-refractivity contribution in [3.05, 3.63) is 78.0 Å². The van der Waals surface area contributed by atoms with Gasteiger partial charge in [-0.15, -0.1) is 0 Å². The summed E-state index contributed by atoms with van der Waals surface area (Å²) in [7, 11) is 1.37. The first kappa shape index (κ1) is 18.4. The molecule has 1 aromatic heterocycles. The smallest absolute Gasteiger partial charge is 0.339 e. The zero-order valence-electron chi connectivity index (χ0n) is 15.4. The molecule has 1 N–H and O–H groups in total. The van der Waals surface area contributed by atoms with Gasteiger partial charge in [0.15, 0.2) is 0 Å². The molecule has 0 radical (unpaired) electrons. The fraction of sp³-hybridized carbons (Fsp3) is 0.190. The summed E-state index contributed by atoms with van der Waals surface area (Å²) in [6.07, 6.45) is 1.71. The van der Waals surface area contributed by atoms with E-state index in [0.29, 0.717) is 23.0 Å². The van der Waals surface area contributed by atoms with Crippen LogP contribution in [0.25, 0.3) is 0 Å². The lowest BCUT2D eigenvalue weighted by Gasteiger charge is -2.21. The number of para-hydroxylation sites is 1. The number of nitrogens with zero attached hydrogens (tertiary/aromatic N) is 3. The minimum Gasteiger partial charge on any atom is -0.465 e. The van der Waals surface area contributed by atoms with Crippen molar-refractivity contribution in [2.75, 3.05) is 23.9 Å². The molecule has 27 heavy (non-hydrogen) atoms. The first-order valence-corrected chi connectivity index (χ1v) is 8.77. The number of esters is 1. The van der Waals surface area contributed by atoms with Gasteiger partial charge in [-0.25, -0.2) is 9.78 Å². The first-order valence-electron chi connectivity index (χ1n) is 8.77. The summed E-state index contributed by atoms with van der Waals surface area (Å²) in [4.78, 5) is 23.1. The van der Waals surface area contributed by atoms with Gasteiger partial charge in [0.05, 0.1) is 18.4 Å². The summed E-state index contributed by atoms with van der Waals surface area (Å²) in [5.41, 5.74) is 2.29. The topological polar surface area (TPSA) is 67.4 Å². The quantitative estimate of drug-likeness (QED) is 0.640. The van der Waals surface area contributed by atoms with E-state index >= 15 is 0 Å². The molecule has 0 spiro atoms. The molecule has 0 aliphatic heterocycles. The molecular weight excluding hydrogens is 340 g/mol. The zero-order chi connectivity index (χ0) is 19.1. The van der Waals surface area contributed by atoms with Crippen LogP contribution in [-0.2, 0) is 11.3 Å². The van der Waals surface area contributed by atoms with Crippen LogP contribution in [0.3, 0.4) is 0 Å². The third kappa shape index (κ3) is 4.61. The first-order chi connectivity index (χ1) is 13.2. The predicted molar refractivity (Wildman–Crippen MR) is 106 cm³/mol. The van der Waals surface area contributed by atoms with Crippen molar-refractivity contribution in [3.63, 3.8) is 0 Å². The molecule has 0 saturated heterocycles. The number of methoxy groups -OCH3 is 1. The summed E-state index contributed by atoms with van der Waals surface area (Å²) in [5.74, 6) is 0.844. The van der Waals surface area contributed by atoms with Crippen molar-refractivity contribution in [2.45, 2.75) is 13.5 Å². The molecule has 2 aromatic carbocycles. The number of ether oxygens (including phenoxy) is 1. The monoisotopic (exact) mass is 362 g/mol. The Morgan fingerprint density at radius 2 is 1.81 bits per heavy atom. The summed E-state index contributed by atoms with van der Waals surface area (Å²) < 4.78 is 4.84. The number of aromatic nitrogens is 2. The molecule has 0 amide bonds. The van der Waals surface area contributed by atoms with Gasteiger partial charge in [0.25, 0.3) is 0 Å². The normalized spacial score (nSPS) is 10.3. The molecule has 3 aromatic rings. The number of carbonyl (C=O) groups excluding carboxylic acids is 1. The van der Waals surface area contributed by atoms with Gasteiger partial charge in [-0.1, -0.05) is 42.5 Å². The summed E-state index contributed by atoms with van der Waals surface area (Å²) >= 11 is 0. The highest BCUT2D eigenvalue weighted by Gasteiger charge is 2.13. The van der Waals surface area contributed by atoms with Crippen molar-refractivity contribution in [2.24, 2.45) is 0 Å². The number of hydrogen-bond acceptors (Lipinski definition) is 6. The lowest BCUT2D eigenvalue weighted by atomic mass is 10.2. The van der Waals surface area contributed by atoms with E-state index in [1.165, 1.54) is 12.7 Å². The average Bonchev–Trinajstić information content (AvgIpc) is 2.73. The highest BCUT2D eigenvalue weighted by atomic mass is 16.5. The highest BCUT2D eigenvalue weighted by molar-refractivity contribution is 5.96. The molecule has 138 valence electrons. The van der Waals surface area contributed by atoms with Crippen molar-refractivity contribution < 1.29 is 9.53 Å². The van der Waals surface area contributed by atoms with Gasteiger partial charge in [-0.2, -0.15) is 4.98 Å². The number of anilines is 3. The van der Waals surface area contributed by atoms with Crippen LogP contribution in [0.5, 0.6) is 0 Å². The third-order valence-electron chi connectivity index (χ3n) is 4.12. The van der Waals surface area contributed by atoms with Gasteiger partial charge in [0, 0.05) is 19.3 Å². The number of hydrogen-bond donors (Lipinski definition) is 1. The fourth-order valence-corrected chi connectivity index (χ4v) is 2.72. The average molecular weight is 362 g/mol. The molecule has 0 fully saturated rings. The predicted octanol–water partition coefficient (Wildman–Crippen LogP) is 4.03. The van der Waals surface area contributed by atoms with E-state index in [1.54, 1.807) is 24.4 Å². The molecule has 0 unspecified atom stereocenters. The molecule has 0 bridgehead atoms. The van der Waals surface area contributed by atoms with E-state index in [1.807, 2.05) is 30.3 Å². The Hall–Kier alpha value is -3.41. The van der Waals surface area contributed by atoms with Gasteiger partial charge in [0.2, 0.25) is 5.95 Å². The van der Waals surface area contributed by atoms with Crippen LogP contribution >= 0.6 is 0 Å². The summed E-state index contributed by atoms with van der Waals surface area (Å²) in [5, 5.41) is 3.19. The molecule has 0 aliphatic carbocycles. The Balaban J connectivity index is 1.82. The van der Waals surface area contributed by atoms with E-state index in [2.05, 4.69) is 39.2 Å². The van der Waals surface area contributed by atoms with Crippen molar-refractivity contribution in [3.8, 4) is 0 Å². The second-order valence-corrected chi connectivity index (χ2v) is 5.90. The Labute approximate surface area is 158 Å².